The van der Waals surface area contributed by atoms with E-state index in [0.717, 1.165) is 83.6 Å². The quantitative estimate of drug-likeness (QED) is 0.113. The van der Waals surface area contributed by atoms with Crippen LogP contribution in [0.5, 0.6) is 0 Å². The molecule has 4 aliphatic carbocycles. The van der Waals surface area contributed by atoms with Crippen LogP contribution in [0.15, 0.2) is 406 Å². The maximum Gasteiger partial charge on any atom is 0.164 e. The number of hydrogen-bond acceptors (Lipinski definition) is 6. The minimum absolute atomic E-state index is 0.487. The number of hydrogen-bond donors (Lipinski definition) is 0. The van der Waals surface area contributed by atoms with Crippen LogP contribution in [0.25, 0.3) is 185 Å². The van der Waals surface area contributed by atoms with Gasteiger partial charge in [0.15, 0.2) is 34.9 Å². The highest BCUT2D eigenvalue weighted by molar-refractivity contribution is 6.19. The average molecular weight is 1520 g/mol. The predicted octanol–water partition coefficient (Wildman–Crippen LogP) is 26.8. The Morgan fingerprint density at radius 2 is 0.622 bits per heavy atom. The lowest BCUT2D eigenvalue weighted by Crippen LogP contribution is -2.26. The Morgan fingerprint density at radius 3 is 1.14 bits per heavy atom. The number of rotatable bonds is 12. The Kier molecular flexibility index (Phi) is 15.1. The Morgan fingerprint density at radius 1 is 0.252 bits per heavy atom. The van der Waals surface area contributed by atoms with Crippen LogP contribution in [-0.2, 0) is 10.8 Å². The molecule has 0 fully saturated rings. The molecule has 8 heteroatoms. The molecule has 24 rings (SSSR count). The third kappa shape index (κ3) is 9.92. The minimum Gasteiger partial charge on any atom is -0.309 e. The first-order valence-electron chi connectivity index (χ1n) is 40.7. The van der Waals surface area contributed by atoms with Crippen molar-refractivity contribution in [1.29, 1.82) is 0 Å². The monoisotopic (exact) mass is 1510 g/mol. The summed E-state index contributed by atoms with van der Waals surface area (Å²) in [4.78, 5) is 31.4. The molecule has 0 radical (unpaired) electrons. The molecular formula is C111H70N8. The molecule has 16 aromatic carbocycles. The fraction of sp³-hybridized carbons (Fsp3) is 0.0270. The number of benzene rings is 16. The predicted molar refractivity (Wildman–Crippen MR) is 485 cm³/mol. The minimum atomic E-state index is -0.620. The van der Waals surface area contributed by atoms with E-state index in [-0.39, 0.29) is 0 Å². The van der Waals surface area contributed by atoms with Crippen LogP contribution in [0.4, 0.5) is 0 Å². The second-order valence-electron chi connectivity index (χ2n) is 31.5. The van der Waals surface area contributed by atoms with Crippen molar-refractivity contribution < 1.29 is 0 Å². The number of fused-ring (bicyclic) bond motifs is 25. The fourth-order valence-corrected chi connectivity index (χ4v) is 20.5. The first-order valence-corrected chi connectivity index (χ1v) is 40.7. The molecule has 0 saturated carbocycles. The van der Waals surface area contributed by atoms with Gasteiger partial charge in [0.25, 0.3) is 0 Å². The Bertz CT molecular complexity index is 7640. The summed E-state index contributed by atoms with van der Waals surface area (Å²) >= 11 is 0. The maximum absolute atomic E-state index is 5.48. The highest BCUT2D eigenvalue weighted by Gasteiger charge is 2.54. The van der Waals surface area contributed by atoms with Gasteiger partial charge in [0.05, 0.1) is 32.9 Å². The van der Waals surface area contributed by atoms with Crippen molar-refractivity contribution in [2.75, 3.05) is 0 Å². The van der Waals surface area contributed by atoms with Gasteiger partial charge in [-0.1, -0.05) is 346 Å². The van der Waals surface area contributed by atoms with Crippen molar-refractivity contribution in [2.45, 2.75) is 17.8 Å². The lowest BCUT2D eigenvalue weighted by Gasteiger charge is -2.31. The highest BCUT2D eigenvalue weighted by Crippen LogP contribution is 2.66. The van der Waals surface area contributed by atoms with E-state index in [4.69, 9.17) is 29.9 Å². The third-order valence-corrected chi connectivity index (χ3v) is 25.5. The van der Waals surface area contributed by atoms with E-state index >= 15 is 0 Å². The van der Waals surface area contributed by atoms with Gasteiger partial charge in [-0.15, -0.1) is 0 Å². The summed E-state index contributed by atoms with van der Waals surface area (Å²) in [5.41, 5.74) is 35.5. The molecule has 0 N–H and O–H groups in total. The van der Waals surface area contributed by atoms with Crippen LogP contribution in [-0.4, -0.2) is 39.0 Å². The van der Waals surface area contributed by atoms with Crippen LogP contribution in [0.1, 0.15) is 51.4 Å². The molecule has 20 aromatic rings. The molecule has 0 amide bonds. The molecule has 0 aliphatic heterocycles. The lowest BCUT2D eigenvalue weighted by atomic mass is 9.70. The molecule has 2 spiro atoms. The second kappa shape index (κ2) is 26.5. The summed E-state index contributed by atoms with van der Waals surface area (Å²) in [6.45, 7) is 6.54. The van der Waals surface area contributed by atoms with E-state index in [1.54, 1.807) is 0 Å². The summed E-state index contributed by atoms with van der Waals surface area (Å²) in [6.07, 6.45) is 6.22. The van der Waals surface area contributed by atoms with Crippen LogP contribution < -0.4 is 0 Å². The zero-order valence-corrected chi connectivity index (χ0v) is 64.8. The molecule has 0 saturated heterocycles. The fourth-order valence-electron chi connectivity index (χ4n) is 20.5. The van der Waals surface area contributed by atoms with E-state index < -0.39 is 10.8 Å². The van der Waals surface area contributed by atoms with Crippen molar-refractivity contribution in [1.82, 2.24) is 39.0 Å². The number of aromatic nitrogens is 8. The van der Waals surface area contributed by atoms with Gasteiger partial charge in [0.1, 0.15) is 0 Å². The second-order valence-corrected chi connectivity index (χ2v) is 31.5. The summed E-state index contributed by atoms with van der Waals surface area (Å²) in [5, 5.41) is 4.81. The van der Waals surface area contributed by atoms with Crippen molar-refractivity contribution >= 4 is 49.2 Å². The zero-order chi connectivity index (χ0) is 78.6. The highest BCUT2D eigenvalue weighted by atomic mass is 15.1. The van der Waals surface area contributed by atoms with Gasteiger partial charge in [0, 0.05) is 77.4 Å². The molecular weight excluding hydrogens is 1450 g/mol. The molecule has 1 atom stereocenters. The van der Waals surface area contributed by atoms with Gasteiger partial charge < -0.3 is 9.13 Å². The van der Waals surface area contributed by atoms with Crippen molar-refractivity contribution in [3.05, 3.63) is 451 Å². The number of allylic oxidation sites excluding steroid dienone is 5. The molecule has 119 heavy (non-hydrogen) atoms. The Labute approximate surface area is 687 Å². The first-order chi connectivity index (χ1) is 58.9. The maximum atomic E-state index is 5.48. The number of nitrogens with zero attached hydrogens (tertiary/aromatic N) is 8. The Hall–Kier alpha value is -15.6. The van der Waals surface area contributed by atoms with E-state index in [0.29, 0.717) is 34.9 Å². The molecule has 554 valence electrons. The molecule has 8 nitrogen and oxygen atoms in total. The van der Waals surface area contributed by atoms with Gasteiger partial charge in [0.2, 0.25) is 0 Å². The molecule has 0 bridgehead atoms. The van der Waals surface area contributed by atoms with Crippen LogP contribution >= 0.6 is 0 Å². The Balaban J connectivity index is 0.602. The zero-order valence-electron chi connectivity index (χ0n) is 64.8. The van der Waals surface area contributed by atoms with Crippen molar-refractivity contribution in [3.8, 4) is 135 Å². The van der Waals surface area contributed by atoms with Crippen molar-refractivity contribution in [3.63, 3.8) is 0 Å². The largest absolute Gasteiger partial charge is 0.309 e. The van der Waals surface area contributed by atoms with E-state index in [1.165, 1.54) is 116 Å². The summed E-state index contributed by atoms with van der Waals surface area (Å²) in [5.74, 6) is 3.62. The van der Waals surface area contributed by atoms with E-state index in [1.807, 2.05) is 84.9 Å². The first kappa shape index (κ1) is 67.8. The van der Waals surface area contributed by atoms with Gasteiger partial charge in [-0.05, 0) is 162 Å². The standard InChI is InChI=1S/C111H70N8/c1-3-4-37-79-68(2)110(93-48-24-18-44-88(93)100-96(110)64-61-85-83-41-20-26-50-98(83)118(102(85)100)77-59-56-74(57-60-77)107-113-104(70-29-8-5-9-30-70)112-105(114-107)71-31-10-6-11-32-71)95-63-58-75(67-90(79)95)69-52-54-73(55-53-69)108-115-106(72-33-12-7-13-34-72)116-109(117-108)87-43-15-14-38-80(87)76-35-28-36-78(66-76)119-99-51-27-21-42-84(99)86-62-65-97-101(103(86)119)89-45-19-25-49-94(89)111(97)91-46-22-16-39-81(91)82-40-17-23-47-92(82)111/h3-67H,1H2,2H3. The smallest absolute Gasteiger partial charge is 0.164 e. The molecule has 4 heterocycles. The third-order valence-electron chi connectivity index (χ3n) is 25.5. The summed E-state index contributed by atoms with van der Waals surface area (Å²) < 4.78 is 4.99. The van der Waals surface area contributed by atoms with E-state index in [2.05, 4.69) is 332 Å². The summed E-state index contributed by atoms with van der Waals surface area (Å²) in [7, 11) is 0. The van der Waals surface area contributed by atoms with Gasteiger partial charge in [-0.25, -0.2) is 29.9 Å². The normalized spacial score (nSPS) is 14.3. The molecule has 4 aliphatic rings. The summed E-state index contributed by atoms with van der Waals surface area (Å²) in [6, 6.07) is 136. The average Bonchev–Trinajstić information content (AvgIpc) is 1.50. The SMILES string of the molecule is C=CC=CC1=C(C)C2(c3ccc(-c4ccc(-c5nc(-c6ccccc6)nc(-c6ccccc6-c6cccc(-n7c8ccccc8c8ccc9c(c87)-c7ccccc7C97c8ccccc8-c8ccccc87)c6)n5)cc4)cc31)c1ccccc1-c1c2ccc2c3ccccc3n(-c3ccc(-c4nc(-c5ccccc5)nc(-c5ccccc5)n4)cc3)c12. The van der Waals surface area contributed by atoms with E-state index in [9.17, 15) is 0 Å². The van der Waals surface area contributed by atoms with Gasteiger partial charge >= 0.3 is 0 Å². The van der Waals surface area contributed by atoms with Crippen LogP contribution in [0.3, 0.4) is 0 Å². The molecule has 1 unspecified atom stereocenters. The molecule has 4 aromatic heterocycles. The van der Waals surface area contributed by atoms with Crippen LogP contribution in [0, 0.1) is 0 Å². The topological polar surface area (TPSA) is 87.2 Å². The van der Waals surface area contributed by atoms with Crippen molar-refractivity contribution in [2.24, 2.45) is 0 Å². The van der Waals surface area contributed by atoms with Gasteiger partial charge in [-0.2, -0.15) is 0 Å². The number of para-hydroxylation sites is 2. The van der Waals surface area contributed by atoms with Gasteiger partial charge in [-0.3, -0.25) is 0 Å². The van der Waals surface area contributed by atoms with Crippen LogP contribution in [0.2, 0.25) is 0 Å². The lowest BCUT2D eigenvalue weighted by molar-refractivity contribution is 0.767.